The van der Waals surface area contributed by atoms with Gasteiger partial charge in [-0.3, -0.25) is 18.2 Å². The molecule has 0 fully saturated rings. The summed E-state index contributed by atoms with van der Waals surface area (Å²) in [4.78, 5) is 23.6. The first-order valence-electron chi connectivity index (χ1n) is 5.97. The van der Waals surface area contributed by atoms with Crippen LogP contribution in [0.4, 0.5) is 8.63 Å². The number of rotatable bonds is 4. The summed E-state index contributed by atoms with van der Waals surface area (Å²) in [6.45, 7) is 0. The average molecular weight is 274 g/mol. The third-order valence-electron chi connectivity index (χ3n) is 2.51. The first-order valence-corrected chi connectivity index (χ1v) is 5.97. The van der Waals surface area contributed by atoms with Crippen LogP contribution in [-0.2, 0) is 0 Å². The van der Waals surface area contributed by atoms with Gasteiger partial charge in [0.15, 0.2) is 11.6 Å². The molecule has 0 saturated carbocycles. The Kier molecular flexibility index (Phi) is 6.89. The molecule has 2 rings (SSSR count). The molecule has 102 valence electrons. The zero-order chi connectivity index (χ0) is 14.8. The van der Waals surface area contributed by atoms with Gasteiger partial charge in [0.1, 0.15) is 0 Å². The molecule has 0 aliphatic carbocycles. The van der Waals surface area contributed by atoms with E-state index in [4.69, 9.17) is 0 Å². The quantitative estimate of drug-likeness (QED) is 0.487. The monoisotopic (exact) mass is 274 g/mol. The van der Waals surface area contributed by atoms with Crippen LogP contribution in [0.15, 0.2) is 60.7 Å². The van der Waals surface area contributed by atoms with Crippen LogP contribution in [0.1, 0.15) is 27.1 Å². The predicted octanol–water partition coefficient (Wildman–Crippen LogP) is 3.33. The summed E-state index contributed by atoms with van der Waals surface area (Å²) < 4.78 is 19.2. The highest BCUT2D eigenvalue weighted by molar-refractivity contribution is 6.15. The Balaban J connectivity index is 0.000000612. The van der Waals surface area contributed by atoms with E-state index in [1.54, 1.807) is 48.5 Å². The van der Waals surface area contributed by atoms with Gasteiger partial charge in [0.25, 0.3) is 0 Å². The molecule has 0 aliphatic heterocycles. The number of carbonyl (C=O) groups excluding carboxylic acids is 2. The van der Waals surface area contributed by atoms with Gasteiger partial charge in [0.05, 0.1) is 6.42 Å². The van der Waals surface area contributed by atoms with E-state index in [2.05, 4.69) is 0 Å². The standard InChI is InChI=1S/C15H12O2.BF2H/c16-14(12-7-3-1-4-8-12)11-15(17)13-9-5-2-6-10-13;2-1-3/h1-10H,11H2;1H. The molecule has 20 heavy (non-hydrogen) atoms. The first-order chi connectivity index (χ1) is 9.69. The molecule has 0 aromatic heterocycles. The highest BCUT2D eigenvalue weighted by Gasteiger charge is 2.12. The maximum Gasteiger partial charge on any atom is 0.521 e. The molecule has 0 N–H and O–H groups in total. The number of hydrogen-bond donors (Lipinski definition) is 0. The summed E-state index contributed by atoms with van der Waals surface area (Å²) >= 11 is 0. The summed E-state index contributed by atoms with van der Waals surface area (Å²) in [5.41, 5.74) is 1.16. The van der Waals surface area contributed by atoms with Crippen molar-refractivity contribution in [3.63, 3.8) is 0 Å². The number of halogens is 2. The molecule has 0 heterocycles. The minimum absolute atomic E-state index is 0.0754. The molecule has 0 spiro atoms. The SMILES string of the molecule is FBF.O=C(CC(=O)c1ccccc1)c1ccccc1. The second kappa shape index (κ2) is 8.75. The first kappa shape index (κ1) is 15.8. The molecule has 5 heteroatoms. The van der Waals surface area contributed by atoms with Gasteiger partial charge in [-0.15, -0.1) is 0 Å². The van der Waals surface area contributed by atoms with Crippen molar-refractivity contribution in [2.75, 3.05) is 0 Å². The number of benzene rings is 2. The molecule has 0 atom stereocenters. The summed E-state index contributed by atoms with van der Waals surface area (Å²) in [6.07, 6.45) is -0.0754. The van der Waals surface area contributed by atoms with Crippen LogP contribution in [0.25, 0.3) is 0 Å². The second-order valence-electron chi connectivity index (χ2n) is 3.86. The van der Waals surface area contributed by atoms with Crippen LogP contribution in [-0.4, -0.2) is 19.4 Å². The largest absolute Gasteiger partial charge is 0.521 e. The molecule has 0 saturated heterocycles. The van der Waals surface area contributed by atoms with Crippen molar-refractivity contribution in [3.8, 4) is 0 Å². The molecule has 2 aromatic carbocycles. The van der Waals surface area contributed by atoms with Crippen molar-refractivity contribution < 1.29 is 18.2 Å². The van der Waals surface area contributed by atoms with Crippen molar-refractivity contribution >= 4 is 19.4 Å². The molecular formula is C15H13BF2O2. The van der Waals surface area contributed by atoms with Crippen LogP contribution in [0.2, 0.25) is 0 Å². The van der Waals surface area contributed by atoms with Crippen LogP contribution in [0.5, 0.6) is 0 Å². The van der Waals surface area contributed by atoms with E-state index in [1.807, 2.05) is 12.1 Å². The Morgan fingerprint density at radius 1 is 0.750 bits per heavy atom. The zero-order valence-electron chi connectivity index (χ0n) is 10.8. The van der Waals surface area contributed by atoms with E-state index in [-0.39, 0.29) is 18.0 Å². The second-order valence-corrected chi connectivity index (χ2v) is 3.86. The lowest BCUT2D eigenvalue weighted by molar-refractivity contribution is 0.0894. The lowest BCUT2D eigenvalue weighted by Crippen LogP contribution is -2.08. The van der Waals surface area contributed by atoms with Gasteiger partial charge in [-0.25, -0.2) is 0 Å². The number of Topliss-reactive ketones (excluding diaryl/α,β-unsaturated/α-hetero) is 2. The van der Waals surface area contributed by atoms with E-state index in [0.29, 0.717) is 11.1 Å². The summed E-state index contributed by atoms with van der Waals surface area (Å²) in [5, 5.41) is 0. The highest BCUT2D eigenvalue weighted by Crippen LogP contribution is 2.08. The summed E-state index contributed by atoms with van der Waals surface area (Å²) in [5.74, 6) is -0.279. The lowest BCUT2D eigenvalue weighted by Gasteiger charge is -2.00. The maximum atomic E-state index is 11.8. The van der Waals surface area contributed by atoms with Gasteiger partial charge < -0.3 is 0 Å². The van der Waals surface area contributed by atoms with Gasteiger partial charge in [0.2, 0.25) is 0 Å². The number of ketones is 2. The highest BCUT2D eigenvalue weighted by atomic mass is 19.2. The third-order valence-corrected chi connectivity index (χ3v) is 2.51. The van der Waals surface area contributed by atoms with Crippen molar-refractivity contribution in [3.05, 3.63) is 71.8 Å². The topological polar surface area (TPSA) is 34.1 Å². The van der Waals surface area contributed by atoms with Crippen LogP contribution in [0, 0.1) is 0 Å². The fraction of sp³-hybridized carbons (Fsp3) is 0.0667. The average Bonchev–Trinajstić information content (AvgIpc) is 2.50. The molecule has 2 nitrogen and oxygen atoms in total. The van der Waals surface area contributed by atoms with E-state index >= 15 is 0 Å². The van der Waals surface area contributed by atoms with Gasteiger partial charge >= 0.3 is 7.83 Å². The van der Waals surface area contributed by atoms with E-state index in [1.165, 1.54) is 0 Å². The van der Waals surface area contributed by atoms with Gasteiger partial charge in [0, 0.05) is 11.1 Å². The number of carbonyl (C=O) groups is 2. The Morgan fingerprint density at radius 2 is 1.05 bits per heavy atom. The molecule has 0 bridgehead atoms. The molecule has 2 aromatic rings. The Morgan fingerprint density at radius 3 is 1.35 bits per heavy atom. The third kappa shape index (κ3) is 5.14. The maximum absolute atomic E-state index is 11.8. The summed E-state index contributed by atoms with van der Waals surface area (Å²) in [6, 6.07) is 17.7. The predicted molar refractivity (Wildman–Crippen MR) is 75.5 cm³/mol. The van der Waals surface area contributed by atoms with Gasteiger partial charge in [-0.2, -0.15) is 0 Å². The van der Waals surface area contributed by atoms with Crippen LogP contribution >= 0.6 is 0 Å². The molecule has 0 aliphatic rings. The Labute approximate surface area is 116 Å². The Hall–Kier alpha value is -2.30. The van der Waals surface area contributed by atoms with Crippen molar-refractivity contribution in [2.45, 2.75) is 6.42 Å². The Bertz CT molecular complexity index is 495. The normalized spacial score (nSPS) is 9.10. The van der Waals surface area contributed by atoms with Gasteiger partial charge in [-0.05, 0) is 0 Å². The van der Waals surface area contributed by atoms with Crippen molar-refractivity contribution in [1.29, 1.82) is 0 Å². The van der Waals surface area contributed by atoms with Crippen molar-refractivity contribution in [1.82, 2.24) is 0 Å². The van der Waals surface area contributed by atoms with Crippen LogP contribution < -0.4 is 0 Å². The fourth-order valence-electron chi connectivity index (χ4n) is 1.60. The van der Waals surface area contributed by atoms with E-state index < -0.39 is 7.83 Å². The van der Waals surface area contributed by atoms with Gasteiger partial charge in [-0.1, -0.05) is 60.7 Å². The molecule has 0 unspecified atom stereocenters. The molecule has 0 radical (unpaired) electrons. The van der Waals surface area contributed by atoms with Crippen LogP contribution in [0.3, 0.4) is 0 Å². The minimum Gasteiger partial charge on any atom is -0.294 e. The molecule has 0 amide bonds. The zero-order valence-corrected chi connectivity index (χ0v) is 10.8. The molecular weight excluding hydrogens is 261 g/mol. The lowest BCUT2D eigenvalue weighted by atomic mass is 10.0. The van der Waals surface area contributed by atoms with E-state index in [9.17, 15) is 18.2 Å². The van der Waals surface area contributed by atoms with Crippen molar-refractivity contribution in [2.24, 2.45) is 0 Å². The van der Waals surface area contributed by atoms with E-state index in [0.717, 1.165) is 0 Å². The fourth-order valence-corrected chi connectivity index (χ4v) is 1.60. The number of hydrogen-bond acceptors (Lipinski definition) is 2. The summed E-state index contributed by atoms with van der Waals surface area (Å²) in [7, 11) is -1.75. The smallest absolute Gasteiger partial charge is 0.294 e. The minimum atomic E-state index is -1.75.